The monoisotopic (exact) mass is 258 g/mol. The molecule has 2 heterocycles. The molecular weight excluding hydrogens is 248 g/mol. The van der Waals surface area contributed by atoms with Crippen LogP contribution in [-0.4, -0.2) is 22.7 Å². The van der Waals surface area contributed by atoms with E-state index in [0.29, 0.717) is 28.4 Å². The standard InChI is InChI=1S/C12H10N4O3/c13-9-2-11-10(18-6-19-11)1-8(9)12(17)16-7-3-14-5-15-4-7/h1-5H,6,13H2,(H,16,17). The lowest BCUT2D eigenvalue weighted by Gasteiger charge is -2.08. The summed E-state index contributed by atoms with van der Waals surface area (Å²) in [5.41, 5.74) is 6.94. The number of nitrogen functional groups attached to an aromatic ring is 1. The van der Waals surface area contributed by atoms with E-state index in [-0.39, 0.29) is 12.7 Å². The Balaban J connectivity index is 1.88. The minimum Gasteiger partial charge on any atom is -0.454 e. The lowest BCUT2D eigenvalue weighted by molar-refractivity contribution is 0.102. The number of hydrogen-bond acceptors (Lipinski definition) is 6. The van der Waals surface area contributed by atoms with Crippen LogP contribution in [0.25, 0.3) is 0 Å². The fraction of sp³-hybridized carbons (Fsp3) is 0.0833. The number of carbonyl (C=O) groups excluding carboxylic acids is 1. The van der Waals surface area contributed by atoms with Gasteiger partial charge in [-0.05, 0) is 6.07 Å². The summed E-state index contributed by atoms with van der Waals surface area (Å²) in [5, 5.41) is 2.65. The van der Waals surface area contributed by atoms with Gasteiger partial charge in [-0.2, -0.15) is 0 Å². The number of nitrogens with two attached hydrogens (primary N) is 1. The second-order valence-corrected chi connectivity index (χ2v) is 3.87. The van der Waals surface area contributed by atoms with Crippen LogP contribution in [0.5, 0.6) is 11.5 Å². The average Bonchev–Trinajstić information content (AvgIpc) is 2.86. The van der Waals surface area contributed by atoms with Crippen LogP contribution in [0.3, 0.4) is 0 Å². The minimum absolute atomic E-state index is 0.131. The van der Waals surface area contributed by atoms with Gasteiger partial charge in [0.15, 0.2) is 11.5 Å². The first-order chi connectivity index (χ1) is 9.24. The molecule has 96 valence electrons. The minimum atomic E-state index is -0.356. The zero-order valence-corrected chi connectivity index (χ0v) is 9.79. The van der Waals surface area contributed by atoms with Crippen molar-refractivity contribution < 1.29 is 14.3 Å². The molecule has 0 aliphatic carbocycles. The predicted molar refractivity (Wildman–Crippen MR) is 67.0 cm³/mol. The summed E-state index contributed by atoms with van der Waals surface area (Å²) in [4.78, 5) is 19.7. The van der Waals surface area contributed by atoms with E-state index in [4.69, 9.17) is 15.2 Å². The highest BCUT2D eigenvalue weighted by molar-refractivity contribution is 6.08. The summed E-state index contributed by atoms with van der Waals surface area (Å²) in [6.07, 6.45) is 4.37. The zero-order chi connectivity index (χ0) is 13.2. The van der Waals surface area contributed by atoms with E-state index in [1.807, 2.05) is 0 Å². The lowest BCUT2D eigenvalue weighted by Crippen LogP contribution is -2.14. The molecule has 0 spiro atoms. The zero-order valence-electron chi connectivity index (χ0n) is 9.79. The Labute approximate surface area is 108 Å². The molecule has 1 aromatic heterocycles. The second kappa shape index (κ2) is 4.45. The van der Waals surface area contributed by atoms with E-state index < -0.39 is 0 Å². The van der Waals surface area contributed by atoms with E-state index in [2.05, 4.69) is 15.3 Å². The molecule has 0 bridgehead atoms. The first-order valence-corrected chi connectivity index (χ1v) is 5.49. The number of aromatic nitrogens is 2. The third-order valence-corrected chi connectivity index (χ3v) is 2.61. The van der Waals surface area contributed by atoms with Gasteiger partial charge in [-0.1, -0.05) is 0 Å². The van der Waals surface area contributed by atoms with Crippen molar-refractivity contribution in [3.05, 3.63) is 36.4 Å². The van der Waals surface area contributed by atoms with Gasteiger partial charge < -0.3 is 20.5 Å². The van der Waals surface area contributed by atoms with E-state index in [9.17, 15) is 4.79 Å². The Morgan fingerprint density at radius 2 is 1.89 bits per heavy atom. The quantitative estimate of drug-likeness (QED) is 0.781. The number of hydrogen-bond donors (Lipinski definition) is 2. The van der Waals surface area contributed by atoms with Crippen molar-refractivity contribution in [3.63, 3.8) is 0 Å². The first kappa shape index (κ1) is 11.3. The Morgan fingerprint density at radius 3 is 2.63 bits per heavy atom. The van der Waals surface area contributed by atoms with Gasteiger partial charge in [0.2, 0.25) is 6.79 Å². The molecule has 0 fully saturated rings. The van der Waals surface area contributed by atoms with Crippen molar-refractivity contribution in [2.75, 3.05) is 17.8 Å². The van der Waals surface area contributed by atoms with Gasteiger partial charge in [0.25, 0.3) is 5.91 Å². The molecule has 2 aromatic rings. The van der Waals surface area contributed by atoms with Crippen LogP contribution >= 0.6 is 0 Å². The highest BCUT2D eigenvalue weighted by atomic mass is 16.7. The summed E-state index contributed by atoms with van der Waals surface area (Å²) < 4.78 is 10.4. The molecule has 0 saturated carbocycles. The number of anilines is 2. The third kappa shape index (κ3) is 2.13. The number of carbonyl (C=O) groups is 1. The van der Waals surface area contributed by atoms with E-state index >= 15 is 0 Å². The maximum absolute atomic E-state index is 12.1. The Hall–Kier alpha value is -2.83. The molecule has 19 heavy (non-hydrogen) atoms. The molecule has 1 amide bonds. The highest BCUT2D eigenvalue weighted by Gasteiger charge is 2.19. The van der Waals surface area contributed by atoms with E-state index in [0.717, 1.165) is 0 Å². The molecule has 3 N–H and O–H groups in total. The van der Waals surface area contributed by atoms with Gasteiger partial charge in [0.1, 0.15) is 6.33 Å². The van der Waals surface area contributed by atoms with Gasteiger partial charge in [-0.15, -0.1) is 0 Å². The number of amides is 1. The normalized spacial score (nSPS) is 12.2. The first-order valence-electron chi connectivity index (χ1n) is 5.49. The molecule has 7 nitrogen and oxygen atoms in total. The molecule has 1 aliphatic rings. The topological polar surface area (TPSA) is 99.4 Å². The maximum Gasteiger partial charge on any atom is 0.257 e. The van der Waals surface area contributed by atoms with Crippen molar-refractivity contribution in [1.82, 2.24) is 9.97 Å². The summed E-state index contributed by atoms with van der Waals surface area (Å²) in [7, 11) is 0. The summed E-state index contributed by atoms with van der Waals surface area (Å²) in [6.45, 7) is 0.131. The molecule has 0 unspecified atom stereocenters. The number of nitrogens with zero attached hydrogens (tertiary/aromatic N) is 2. The van der Waals surface area contributed by atoms with Crippen LogP contribution in [0.1, 0.15) is 10.4 Å². The summed E-state index contributed by atoms with van der Waals surface area (Å²) in [5.74, 6) is 0.686. The number of nitrogens with one attached hydrogen (secondary N) is 1. The second-order valence-electron chi connectivity index (χ2n) is 3.87. The predicted octanol–water partition coefficient (Wildman–Crippen LogP) is 1.04. The van der Waals surface area contributed by atoms with Crippen molar-refractivity contribution in [1.29, 1.82) is 0 Å². The largest absolute Gasteiger partial charge is 0.454 e. The van der Waals surface area contributed by atoms with E-state index in [1.165, 1.54) is 18.7 Å². The third-order valence-electron chi connectivity index (χ3n) is 2.61. The van der Waals surface area contributed by atoms with Gasteiger partial charge in [-0.25, -0.2) is 9.97 Å². The molecule has 7 heteroatoms. The Morgan fingerprint density at radius 1 is 1.21 bits per heavy atom. The molecule has 1 aliphatic heterocycles. The summed E-state index contributed by atoms with van der Waals surface area (Å²) in [6, 6.07) is 3.12. The number of ether oxygens (including phenoxy) is 2. The van der Waals surface area contributed by atoms with Crippen LogP contribution in [0.4, 0.5) is 11.4 Å². The molecule has 3 rings (SSSR count). The highest BCUT2D eigenvalue weighted by Crippen LogP contribution is 2.36. The van der Waals surface area contributed by atoms with Crippen LogP contribution < -0.4 is 20.5 Å². The van der Waals surface area contributed by atoms with Gasteiger partial charge in [0.05, 0.1) is 23.6 Å². The van der Waals surface area contributed by atoms with Gasteiger partial charge in [0, 0.05) is 11.8 Å². The van der Waals surface area contributed by atoms with Gasteiger partial charge >= 0.3 is 0 Å². The molecule has 0 radical (unpaired) electrons. The lowest BCUT2D eigenvalue weighted by atomic mass is 10.1. The van der Waals surface area contributed by atoms with Crippen LogP contribution in [-0.2, 0) is 0 Å². The molecule has 0 atom stereocenters. The van der Waals surface area contributed by atoms with Crippen LogP contribution in [0.15, 0.2) is 30.9 Å². The number of rotatable bonds is 2. The van der Waals surface area contributed by atoms with Crippen molar-refractivity contribution in [2.45, 2.75) is 0 Å². The van der Waals surface area contributed by atoms with Crippen molar-refractivity contribution >= 4 is 17.3 Å². The fourth-order valence-electron chi connectivity index (χ4n) is 1.72. The number of fused-ring (bicyclic) bond motifs is 1. The Bertz CT molecular complexity index is 630. The SMILES string of the molecule is Nc1cc2c(cc1C(=O)Nc1cncnc1)OCO2. The average molecular weight is 258 g/mol. The molecular formula is C12H10N4O3. The van der Waals surface area contributed by atoms with Gasteiger partial charge in [-0.3, -0.25) is 4.79 Å². The van der Waals surface area contributed by atoms with Crippen LogP contribution in [0.2, 0.25) is 0 Å². The maximum atomic E-state index is 12.1. The molecule has 1 aromatic carbocycles. The number of benzene rings is 1. The van der Waals surface area contributed by atoms with Crippen molar-refractivity contribution in [2.24, 2.45) is 0 Å². The van der Waals surface area contributed by atoms with Crippen molar-refractivity contribution in [3.8, 4) is 11.5 Å². The van der Waals surface area contributed by atoms with Crippen LogP contribution in [0, 0.1) is 0 Å². The Kier molecular flexibility index (Phi) is 2.64. The summed E-state index contributed by atoms with van der Waals surface area (Å²) >= 11 is 0. The fourth-order valence-corrected chi connectivity index (χ4v) is 1.72. The molecule has 0 saturated heterocycles. The van der Waals surface area contributed by atoms with E-state index in [1.54, 1.807) is 12.1 Å². The smallest absolute Gasteiger partial charge is 0.257 e.